The molecular weight excluding hydrogens is 176 g/mol. The van der Waals surface area contributed by atoms with Crippen LogP contribution >= 0.6 is 0 Å². The quantitative estimate of drug-likeness (QED) is 0.735. The lowest BCUT2D eigenvalue weighted by Crippen LogP contribution is -2.49. The summed E-state index contributed by atoms with van der Waals surface area (Å²) in [5.74, 6) is 0. The summed E-state index contributed by atoms with van der Waals surface area (Å²) in [5, 5.41) is 3.20. The Balaban J connectivity index is 2.34. The van der Waals surface area contributed by atoms with Crippen LogP contribution in [0.2, 0.25) is 0 Å². The lowest BCUT2D eigenvalue weighted by atomic mass is 10.1. The van der Waals surface area contributed by atoms with Gasteiger partial charge < -0.3 is 10.1 Å². The molecule has 1 N–H and O–H groups in total. The van der Waals surface area contributed by atoms with Crippen molar-refractivity contribution in [3.8, 4) is 0 Å². The molecule has 1 rings (SSSR count). The van der Waals surface area contributed by atoms with Gasteiger partial charge in [0.2, 0.25) is 0 Å². The summed E-state index contributed by atoms with van der Waals surface area (Å²) in [6, 6.07) is 0.663. The fraction of sp³-hybridized carbons (Fsp3) is 1.00. The lowest BCUT2D eigenvalue weighted by Gasteiger charge is -2.39. The molecule has 0 aromatic heterocycles. The van der Waals surface area contributed by atoms with Crippen molar-refractivity contribution in [2.24, 2.45) is 0 Å². The van der Waals surface area contributed by atoms with Crippen LogP contribution in [0.1, 0.15) is 27.2 Å². The van der Waals surface area contributed by atoms with E-state index in [1.54, 1.807) is 0 Å². The Morgan fingerprint density at radius 1 is 1.36 bits per heavy atom. The van der Waals surface area contributed by atoms with Crippen molar-refractivity contribution in [1.82, 2.24) is 10.2 Å². The van der Waals surface area contributed by atoms with E-state index in [2.05, 4.69) is 31.0 Å². The zero-order valence-electron chi connectivity index (χ0n) is 9.92. The number of hydrogen-bond acceptors (Lipinski definition) is 3. The van der Waals surface area contributed by atoms with Crippen molar-refractivity contribution in [3.63, 3.8) is 0 Å². The number of morpholine rings is 1. The van der Waals surface area contributed by atoms with Gasteiger partial charge in [0, 0.05) is 19.1 Å². The minimum atomic E-state index is 0.385. The van der Waals surface area contributed by atoms with Crippen LogP contribution in [0.25, 0.3) is 0 Å². The summed E-state index contributed by atoms with van der Waals surface area (Å²) in [4.78, 5) is 2.54. The van der Waals surface area contributed by atoms with E-state index >= 15 is 0 Å². The van der Waals surface area contributed by atoms with Gasteiger partial charge in [-0.1, -0.05) is 0 Å². The van der Waals surface area contributed by atoms with E-state index in [0.717, 1.165) is 19.6 Å². The van der Waals surface area contributed by atoms with Crippen LogP contribution in [-0.2, 0) is 4.74 Å². The van der Waals surface area contributed by atoms with Gasteiger partial charge in [0.15, 0.2) is 0 Å². The van der Waals surface area contributed by atoms with Crippen molar-refractivity contribution in [3.05, 3.63) is 0 Å². The number of rotatable bonds is 4. The van der Waals surface area contributed by atoms with Gasteiger partial charge in [0.25, 0.3) is 0 Å². The molecule has 0 bridgehead atoms. The van der Waals surface area contributed by atoms with E-state index in [1.165, 1.54) is 6.42 Å². The van der Waals surface area contributed by atoms with Crippen LogP contribution in [0.3, 0.4) is 0 Å². The van der Waals surface area contributed by atoms with Crippen LogP contribution in [-0.4, -0.2) is 49.8 Å². The number of nitrogens with zero attached hydrogens (tertiary/aromatic N) is 1. The number of nitrogens with one attached hydrogen (secondary N) is 1. The van der Waals surface area contributed by atoms with Gasteiger partial charge in [-0.25, -0.2) is 0 Å². The monoisotopic (exact) mass is 200 g/mol. The van der Waals surface area contributed by atoms with Crippen molar-refractivity contribution in [1.29, 1.82) is 0 Å². The maximum absolute atomic E-state index is 5.71. The van der Waals surface area contributed by atoms with E-state index in [4.69, 9.17) is 4.74 Å². The summed E-state index contributed by atoms with van der Waals surface area (Å²) in [6.07, 6.45) is 1.99. The molecule has 84 valence electrons. The summed E-state index contributed by atoms with van der Waals surface area (Å²) in [6.45, 7) is 9.88. The fourth-order valence-corrected chi connectivity index (χ4v) is 2.11. The first kappa shape index (κ1) is 12.0. The molecule has 0 amide bonds. The highest BCUT2D eigenvalue weighted by atomic mass is 16.5. The predicted octanol–water partition coefficient (Wildman–Crippen LogP) is 1.09. The Morgan fingerprint density at radius 2 is 1.93 bits per heavy atom. The second-order valence-electron chi connectivity index (χ2n) is 4.45. The van der Waals surface area contributed by atoms with Gasteiger partial charge in [-0.05, 0) is 40.8 Å². The zero-order valence-corrected chi connectivity index (χ0v) is 9.92. The predicted molar refractivity (Wildman–Crippen MR) is 59.6 cm³/mol. The topological polar surface area (TPSA) is 24.5 Å². The van der Waals surface area contributed by atoms with E-state index in [9.17, 15) is 0 Å². The third-order valence-corrected chi connectivity index (χ3v) is 2.88. The number of hydrogen-bond donors (Lipinski definition) is 1. The minimum Gasteiger partial charge on any atom is -0.373 e. The summed E-state index contributed by atoms with van der Waals surface area (Å²) >= 11 is 0. The molecule has 0 aliphatic carbocycles. The lowest BCUT2D eigenvalue weighted by molar-refractivity contribution is -0.0790. The average Bonchev–Trinajstić information content (AvgIpc) is 2.12. The van der Waals surface area contributed by atoms with E-state index < -0.39 is 0 Å². The largest absolute Gasteiger partial charge is 0.373 e. The Labute approximate surface area is 87.8 Å². The molecule has 3 unspecified atom stereocenters. The van der Waals surface area contributed by atoms with E-state index in [0.29, 0.717) is 18.2 Å². The van der Waals surface area contributed by atoms with Crippen LogP contribution < -0.4 is 5.32 Å². The standard InChI is InChI=1S/C11H24N2O/c1-9(5-6-12-4)13-7-10(2)14-11(3)8-13/h9-12H,5-8H2,1-4H3. The maximum Gasteiger partial charge on any atom is 0.0678 e. The van der Waals surface area contributed by atoms with E-state index in [1.807, 2.05) is 7.05 Å². The molecule has 0 aromatic carbocycles. The summed E-state index contributed by atoms with van der Waals surface area (Å²) in [5.41, 5.74) is 0. The van der Waals surface area contributed by atoms with Crippen molar-refractivity contribution >= 4 is 0 Å². The van der Waals surface area contributed by atoms with Gasteiger partial charge in [0.1, 0.15) is 0 Å². The first-order valence-electron chi connectivity index (χ1n) is 5.67. The highest BCUT2D eigenvalue weighted by Gasteiger charge is 2.25. The third-order valence-electron chi connectivity index (χ3n) is 2.88. The van der Waals surface area contributed by atoms with Crippen molar-refractivity contribution < 1.29 is 4.74 Å². The second kappa shape index (κ2) is 5.69. The molecule has 1 fully saturated rings. The molecular formula is C11H24N2O. The summed E-state index contributed by atoms with van der Waals surface area (Å²) in [7, 11) is 2.01. The molecule has 0 aromatic rings. The van der Waals surface area contributed by atoms with Gasteiger partial charge in [-0.2, -0.15) is 0 Å². The van der Waals surface area contributed by atoms with Gasteiger partial charge >= 0.3 is 0 Å². The SMILES string of the molecule is CNCCC(C)N1CC(C)OC(C)C1. The zero-order chi connectivity index (χ0) is 10.6. The molecule has 0 radical (unpaired) electrons. The number of ether oxygens (including phenoxy) is 1. The van der Waals surface area contributed by atoms with Crippen LogP contribution in [0, 0.1) is 0 Å². The molecule has 1 aliphatic rings. The molecule has 1 aliphatic heterocycles. The second-order valence-corrected chi connectivity index (χ2v) is 4.45. The Bertz CT molecular complexity index is 153. The van der Waals surface area contributed by atoms with Gasteiger partial charge in [-0.15, -0.1) is 0 Å². The maximum atomic E-state index is 5.71. The first-order valence-corrected chi connectivity index (χ1v) is 5.67. The molecule has 1 heterocycles. The van der Waals surface area contributed by atoms with Crippen molar-refractivity contribution in [2.75, 3.05) is 26.7 Å². The Hall–Kier alpha value is -0.120. The molecule has 14 heavy (non-hydrogen) atoms. The van der Waals surface area contributed by atoms with Crippen molar-refractivity contribution in [2.45, 2.75) is 45.4 Å². The van der Waals surface area contributed by atoms with Crippen LogP contribution in [0.4, 0.5) is 0 Å². The third kappa shape index (κ3) is 3.56. The van der Waals surface area contributed by atoms with Gasteiger partial charge in [-0.3, -0.25) is 4.90 Å². The molecule has 1 saturated heterocycles. The highest BCUT2D eigenvalue weighted by Crippen LogP contribution is 2.14. The van der Waals surface area contributed by atoms with Gasteiger partial charge in [0.05, 0.1) is 12.2 Å². The minimum absolute atomic E-state index is 0.385. The highest BCUT2D eigenvalue weighted by molar-refractivity contribution is 4.77. The molecule has 3 nitrogen and oxygen atoms in total. The Kier molecular flexibility index (Phi) is 4.85. The molecule has 3 heteroatoms. The first-order chi connectivity index (χ1) is 6.63. The van der Waals surface area contributed by atoms with E-state index in [-0.39, 0.29) is 0 Å². The normalized spacial score (nSPS) is 31.7. The van der Waals surface area contributed by atoms with Crippen LogP contribution in [0.5, 0.6) is 0 Å². The Morgan fingerprint density at radius 3 is 2.43 bits per heavy atom. The van der Waals surface area contributed by atoms with Crippen LogP contribution in [0.15, 0.2) is 0 Å². The average molecular weight is 200 g/mol. The summed E-state index contributed by atoms with van der Waals surface area (Å²) < 4.78 is 5.71. The molecule has 0 saturated carbocycles. The molecule has 0 spiro atoms. The fourth-order valence-electron chi connectivity index (χ4n) is 2.11. The molecule has 3 atom stereocenters. The smallest absolute Gasteiger partial charge is 0.0678 e.